The van der Waals surface area contributed by atoms with Gasteiger partial charge in [-0.15, -0.1) is 0 Å². The van der Waals surface area contributed by atoms with Crippen LogP contribution in [0.3, 0.4) is 0 Å². The van der Waals surface area contributed by atoms with Crippen LogP contribution >= 0.6 is 0 Å². The van der Waals surface area contributed by atoms with E-state index < -0.39 is 16.1 Å². The number of anilines is 1. The van der Waals surface area contributed by atoms with E-state index in [0.29, 0.717) is 23.5 Å². The lowest BCUT2D eigenvalue weighted by molar-refractivity contribution is 0.169. The highest BCUT2D eigenvalue weighted by Gasteiger charge is 2.18. The number of nitrogens with one attached hydrogen (secondary N) is 2. The third kappa shape index (κ3) is 6.86. The first kappa shape index (κ1) is 25.4. The largest absolute Gasteiger partial charge is 0.506 e. The van der Waals surface area contributed by atoms with Crippen LogP contribution in [0.25, 0.3) is 0 Å². The molecule has 2 atom stereocenters. The Kier molecular flexibility index (Phi) is 8.38. The molecule has 182 valence electrons. The average molecular weight is 487 g/mol. The summed E-state index contributed by atoms with van der Waals surface area (Å²) in [6.45, 7) is 0.189. The van der Waals surface area contributed by atoms with Gasteiger partial charge in [0.2, 0.25) is 10.0 Å². The molecule has 0 aromatic heterocycles. The highest BCUT2D eigenvalue weighted by atomic mass is 32.2. The van der Waals surface area contributed by atoms with Crippen molar-refractivity contribution < 1.29 is 28.1 Å². The van der Waals surface area contributed by atoms with E-state index in [1.807, 2.05) is 48.5 Å². The van der Waals surface area contributed by atoms with Gasteiger partial charge in [-0.25, -0.2) is 8.42 Å². The summed E-state index contributed by atoms with van der Waals surface area (Å²) in [4.78, 5) is 0. The molecule has 0 saturated heterocycles. The number of methoxy groups -OCH3 is 2. The van der Waals surface area contributed by atoms with Crippen molar-refractivity contribution in [1.29, 1.82) is 0 Å². The second kappa shape index (κ2) is 11.2. The van der Waals surface area contributed by atoms with E-state index >= 15 is 0 Å². The smallest absolute Gasteiger partial charge is 0.229 e. The molecule has 3 rings (SSSR count). The summed E-state index contributed by atoms with van der Waals surface area (Å²) in [5.41, 5.74) is 2.55. The molecule has 0 aliphatic heterocycles. The zero-order valence-electron chi connectivity index (χ0n) is 19.4. The van der Waals surface area contributed by atoms with Gasteiger partial charge in [-0.1, -0.05) is 42.5 Å². The van der Waals surface area contributed by atoms with Crippen LogP contribution in [-0.2, 0) is 16.4 Å². The number of phenols is 1. The van der Waals surface area contributed by atoms with E-state index in [2.05, 4.69) is 10.0 Å². The zero-order chi connectivity index (χ0) is 24.7. The van der Waals surface area contributed by atoms with Crippen LogP contribution < -0.4 is 19.5 Å². The van der Waals surface area contributed by atoms with Crippen LogP contribution in [-0.4, -0.2) is 45.7 Å². The molecule has 0 fully saturated rings. The van der Waals surface area contributed by atoms with Crippen molar-refractivity contribution in [3.8, 4) is 17.2 Å². The van der Waals surface area contributed by atoms with E-state index in [9.17, 15) is 18.6 Å². The third-order valence-electron chi connectivity index (χ3n) is 5.35. The topological polar surface area (TPSA) is 117 Å². The Bertz CT molecular complexity index is 1200. The first-order valence-electron chi connectivity index (χ1n) is 10.7. The summed E-state index contributed by atoms with van der Waals surface area (Å²) in [6.07, 6.45) is 0.715. The summed E-state index contributed by atoms with van der Waals surface area (Å²) in [7, 11) is -0.417. The number of hydrogen-bond donors (Lipinski definition) is 4. The zero-order valence-corrected chi connectivity index (χ0v) is 20.2. The Labute approximate surface area is 200 Å². The minimum atomic E-state index is -3.58. The van der Waals surface area contributed by atoms with Crippen LogP contribution in [0.1, 0.15) is 28.8 Å². The lowest BCUT2D eigenvalue weighted by Crippen LogP contribution is -2.28. The van der Waals surface area contributed by atoms with E-state index in [0.717, 1.165) is 17.4 Å². The molecule has 3 aromatic rings. The number of aliphatic hydroxyl groups is 1. The number of hydrogen-bond acceptors (Lipinski definition) is 7. The second-order valence-corrected chi connectivity index (χ2v) is 9.68. The van der Waals surface area contributed by atoms with Gasteiger partial charge in [0, 0.05) is 12.6 Å². The number of aromatic hydroxyl groups is 1. The number of benzene rings is 3. The van der Waals surface area contributed by atoms with E-state index in [1.165, 1.54) is 12.1 Å². The van der Waals surface area contributed by atoms with E-state index in [1.54, 1.807) is 20.3 Å². The van der Waals surface area contributed by atoms with Gasteiger partial charge in [-0.05, 0) is 47.4 Å². The Morgan fingerprint density at radius 2 is 1.59 bits per heavy atom. The molecule has 0 bridgehead atoms. The molecule has 0 saturated carbocycles. The molecule has 0 spiro atoms. The normalized spacial score (nSPS) is 13.2. The molecule has 4 N–H and O–H groups in total. The highest BCUT2D eigenvalue weighted by Crippen LogP contribution is 2.32. The fraction of sp³-hybridized carbons (Fsp3) is 0.280. The standard InChI is InChI=1S/C25H30N2O6S/c1-32-24-12-10-18(15-25(24)33-2)20(13-17-7-5-4-6-8-17)26-16-23(29)19-9-11-22(28)21(14-19)27-34(3,30)31/h4-12,14-15,20,23,26-29H,13,16H2,1-3H3/t20?,23-/m0/s1. The fourth-order valence-corrected chi connectivity index (χ4v) is 4.20. The van der Waals surface area contributed by atoms with Gasteiger partial charge in [-0.3, -0.25) is 4.72 Å². The molecule has 0 heterocycles. The van der Waals surface area contributed by atoms with Gasteiger partial charge < -0.3 is 25.0 Å². The lowest BCUT2D eigenvalue weighted by atomic mass is 9.97. The first-order chi connectivity index (χ1) is 16.2. The molecule has 0 aliphatic carbocycles. The molecule has 0 radical (unpaired) electrons. The van der Waals surface area contributed by atoms with Gasteiger partial charge in [0.1, 0.15) is 5.75 Å². The summed E-state index contributed by atoms with van der Waals surface area (Å²) in [5, 5.41) is 24.2. The monoisotopic (exact) mass is 486 g/mol. The van der Waals surface area contributed by atoms with Crippen LogP contribution in [0.4, 0.5) is 5.69 Å². The fourth-order valence-electron chi connectivity index (χ4n) is 3.64. The van der Waals surface area contributed by atoms with Crippen molar-refractivity contribution >= 4 is 15.7 Å². The third-order valence-corrected chi connectivity index (χ3v) is 5.94. The Morgan fingerprint density at radius 3 is 2.24 bits per heavy atom. The van der Waals surface area contributed by atoms with Gasteiger partial charge in [0.25, 0.3) is 0 Å². The second-order valence-electron chi connectivity index (χ2n) is 7.93. The number of sulfonamides is 1. The summed E-state index contributed by atoms with van der Waals surface area (Å²) in [5.74, 6) is 1.01. The molecular weight excluding hydrogens is 456 g/mol. The molecule has 8 nitrogen and oxygen atoms in total. The average Bonchev–Trinajstić information content (AvgIpc) is 2.82. The molecule has 9 heteroatoms. The van der Waals surface area contributed by atoms with Gasteiger partial charge in [0.05, 0.1) is 32.3 Å². The highest BCUT2D eigenvalue weighted by molar-refractivity contribution is 7.92. The maximum Gasteiger partial charge on any atom is 0.229 e. The van der Waals surface area contributed by atoms with Crippen LogP contribution in [0.5, 0.6) is 17.2 Å². The number of ether oxygens (including phenoxy) is 2. The van der Waals surface area contributed by atoms with Crippen LogP contribution in [0, 0.1) is 0 Å². The Hall–Kier alpha value is -3.27. The molecule has 0 amide bonds. The maximum atomic E-state index is 11.6. The van der Waals surface area contributed by atoms with Crippen molar-refractivity contribution in [2.24, 2.45) is 0 Å². The number of phenolic OH excluding ortho intramolecular Hbond substituents is 1. The predicted octanol–water partition coefficient (Wildman–Crippen LogP) is 3.39. The first-order valence-corrected chi connectivity index (χ1v) is 12.6. The van der Waals surface area contributed by atoms with Crippen molar-refractivity contribution in [3.63, 3.8) is 0 Å². The molecule has 3 aromatic carbocycles. The molecule has 34 heavy (non-hydrogen) atoms. The molecule has 0 aliphatic rings. The number of aliphatic hydroxyl groups excluding tert-OH is 1. The van der Waals surface area contributed by atoms with Crippen molar-refractivity contribution in [1.82, 2.24) is 5.32 Å². The number of rotatable bonds is 11. The minimum Gasteiger partial charge on any atom is -0.506 e. The Morgan fingerprint density at radius 1 is 0.912 bits per heavy atom. The van der Waals surface area contributed by atoms with Gasteiger partial charge >= 0.3 is 0 Å². The summed E-state index contributed by atoms with van der Waals surface area (Å²) < 4.78 is 36.2. The maximum absolute atomic E-state index is 11.6. The molecular formula is C25H30N2O6S. The summed E-state index contributed by atoms with van der Waals surface area (Å²) >= 11 is 0. The minimum absolute atomic E-state index is 0.0137. The summed E-state index contributed by atoms with van der Waals surface area (Å²) in [6, 6.07) is 19.8. The van der Waals surface area contributed by atoms with E-state index in [-0.39, 0.29) is 24.0 Å². The molecule has 1 unspecified atom stereocenters. The van der Waals surface area contributed by atoms with Crippen molar-refractivity contribution in [2.75, 3.05) is 31.7 Å². The van der Waals surface area contributed by atoms with Crippen LogP contribution in [0.2, 0.25) is 0 Å². The lowest BCUT2D eigenvalue weighted by Gasteiger charge is -2.23. The quantitative estimate of drug-likeness (QED) is 0.307. The van der Waals surface area contributed by atoms with Gasteiger partial charge in [-0.2, -0.15) is 0 Å². The van der Waals surface area contributed by atoms with E-state index in [4.69, 9.17) is 9.47 Å². The SMILES string of the molecule is COc1ccc(C(Cc2ccccc2)NC[C@H](O)c2ccc(O)c(NS(C)(=O)=O)c2)cc1OC. The van der Waals surface area contributed by atoms with Crippen LogP contribution in [0.15, 0.2) is 66.7 Å². The Balaban J connectivity index is 1.82. The van der Waals surface area contributed by atoms with Crippen molar-refractivity contribution in [2.45, 2.75) is 18.6 Å². The van der Waals surface area contributed by atoms with Crippen molar-refractivity contribution in [3.05, 3.63) is 83.4 Å². The van der Waals surface area contributed by atoms with Gasteiger partial charge in [0.15, 0.2) is 11.5 Å². The predicted molar refractivity (Wildman–Crippen MR) is 132 cm³/mol.